The van der Waals surface area contributed by atoms with Gasteiger partial charge in [0.25, 0.3) is 0 Å². The normalized spacial score (nSPS) is 10.3. The SMILES string of the molecule is COc1ccc(Cc2c(C)c(OC)c(OC)c(OC)c2OC)cc1C(=O)O. The van der Waals surface area contributed by atoms with Crippen LogP contribution in [0.25, 0.3) is 0 Å². The van der Waals surface area contributed by atoms with E-state index in [0.717, 1.165) is 16.7 Å². The van der Waals surface area contributed by atoms with E-state index in [9.17, 15) is 9.90 Å². The highest BCUT2D eigenvalue weighted by Gasteiger charge is 2.25. The lowest BCUT2D eigenvalue weighted by atomic mass is 9.96. The van der Waals surface area contributed by atoms with Gasteiger partial charge >= 0.3 is 5.97 Å². The van der Waals surface area contributed by atoms with Crippen LogP contribution in [0.3, 0.4) is 0 Å². The molecule has 0 aromatic heterocycles. The first kappa shape index (κ1) is 20.2. The van der Waals surface area contributed by atoms with E-state index in [4.69, 9.17) is 23.7 Å². The molecule has 0 radical (unpaired) electrons. The van der Waals surface area contributed by atoms with Gasteiger partial charge in [-0.3, -0.25) is 0 Å². The Bertz CT molecular complexity index is 843. The van der Waals surface area contributed by atoms with Gasteiger partial charge in [0.1, 0.15) is 11.3 Å². The fourth-order valence-corrected chi connectivity index (χ4v) is 3.10. The smallest absolute Gasteiger partial charge is 0.339 e. The molecule has 146 valence electrons. The second kappa shape index (κ2) is 8.53. The summed E-state index contributed by atoms with van der Waals surface area (Å²) in [6.07, 6.45) is 0.413. The van der Waals surface area contributed by atoms with Crippen molar-refractivity contribution in [3.8, 4) is 28.7 Å². The Balaban J connectivity index is 2.65. The average molecular weight is 376 g/mol. The zero-order valence-corrected chi connectivity index (χ0v) is 16.3. The van der Waals surface area contributed by atoms with E-state index in [1.807, 2.05) is 13.0 Å². The summed E-state index contributed by atoms with van der Waals surface area (Å²) in [5, 5.41) is 9.41. The summed E-state index contributed by atoms with van der Waals surface area (Å²) in [5.41, 5.74) is 2.51. The molecule has 7 nitrogen and oxygen atoms in total. The maximum atomic E-state index is 11.5. The van der Waals surface area contributed by atoms with Crippen molar-refractivity contribution in [1.82, 2.24) is 0 Å². The van der Waals surface area contributed by atoms with E-state index in [1.54, 1.807) is 26.4 Å². The first-order valence-electron chi connectivity index (χ1n) is 8.18. The van der Waals surface area contributed by atoms with Crippen LogP contribution >= 0.6 is 0 Å². The number of ether oxygens (including phenoxy) is 5. The lowest BCUT2D eigenvalue weighted by molar-refractivity contribution is 0.0693. The van der Waals surface area contributed by atoms with Gasteiger partial charge in [-0.05, 0) is 24.6 Å². The second-order valence-corrected chi connectivity index (χ2v) is 5.75. The van der Waals surface area contributed by atoms with Gasteiger partial charge in [-0.25, -0.2) is 4.79 Å². The average Bonchev–Trinajstić information content (AvgIpc) is 2.68. The van der Waals surface area contributed by atoms with Crippen molar-refractivity contribution < 1.29 is 33.6 Å². The monoisotopic (exact) mass is 376 g/mol. The van der Waals surface area contributed by atoms with E-state index in [0.29, 0.717) is 35.2 Å². The van der Waals surface area contributed by atoms with Crippen molar-refractivity contribution in [2.75, 3.05) is 35.5 Å². The van der Waals surface area contributed by atoms with Crippen molar-refractivity contribution >= 4 is 5.97 Å². The molecule has 0 aliphatic heterocycles. The largest absolute Gasteiger partial charge is 0.496 e. The van der Waals surface area contributed by atoms with Gasteiger partial charge in [-0.2, -0.15) is 0 Å². The third-order valence-corrected chi connectivity index (χ3v) is 4.38. The summed E-state index contributed by atoms with van der Waals surface area (Å²) >= 11 is 0. The number of methoxy groups -OCH3 is 5. The van der Waals surface area contributed by atoms with Crippen LogP contribution in [-0.4, -0.2) is 46.6 Å². The molecule has 2 aromatic carbocycles. The molecule has 2 aromatic rings. The number of carboxylic acids is 1. The summed E-state index contributed by atoms with van der Waals surface area (Å²) in [4.78, 5) is 11.5. The Hall–Kier alpha value is -3.09. The molecule has 7 heteroatoms. The molecule has 2 rings (SSSR count). The topological polar surface area (TPSA) is 83.5 Å². The van der Waals surface area contributed by atoms with Gasteiger partial charge in [-0.15, -0.1) is 0 Å². The highest BCUT2D eigenvalue weighted by molar-refractivity contribution is 5.91. The van der Waals surface area contributed by atoms with Gasteiger partial charge in [0.05, 0.1) is 35.5 Å². The molecule has 0 saturated heterocycles. The van der Waals surface area contributed by atoms with E-state index < -0.39 is 5.97 Å². The minimum Gasteiger partial charge on any atom is -0.496 e. The number of rotatable bonds is 8. The molecule has 0 fully saturated rings. The number of hydrogen-bond donors (Lipinski definition) is 1. The molecular weight excluding hydrogens is 352 g/mol. The van der Waals surface area contributed by atoms with Crippen molar-refractivity contribution in [2.24, 2.45) is 0 Å². The Kier molecular flexibility index (Phi) is 6.39. The molecular formula is C20H24O7. The zero-order chi connectivity index (χ0) is 20.1. The standard InChI is InChI=1S/C20H24O7/c1-11-13(9-12-7-8-15(23-2)14(10-12)20(21)22)17(25-4)19(27-6)18(26-5)16(11)24-3/h7-8,10H,9H2,1-6H3,(H,21,22). The predicted octanol–water partition coefficient (Wildman–Crippen LogP) is 3.33. The summed E-state index contributed by atoms with van der Waals surface area (Å²) in [5.74, 6) is 1.17. The number of benzene rings is 2. The van der Waals surface area contributed by atoms with Crippen LogP contribution in [-0.2, 0) is 6.42 Å². The maximum absolute atomic E-state index is 11.5. The molecule has 0 unspecified atom stereocenters. The molecule has 1 N–H and O–H groups in total. The highest BCUT2D eigenvalue weighted by Crippen LogP contribution is 2.49. The van der Waals surface area contributed by atoms with Crippen molar-refractivity contribution in [2.45, 2.75) is 13.3 Å². The molecule has 0 amide bonds. The lowest BCUT2D eigenvalue weighted by Gasteiger charge is -2.21. The van der Waals surface area contributed by atoms with Gasteiger partial charge < -0.3 is 28.8 Å². The number of aromatic carboxylic acids is 1. The van der Waals surface area contributed by atoms with E-state index in [-0.39, 0.29) is 5.56 Å². The van der Waals surface area contributed by atoms with Crippen molar-refractivity contribution in [3.63, 3.8) is 0 Å². The Morgan fingerprint density at radius 2 is 1.41 bits per heavy atom. The molecule has 0 saturated carbocycles. The van der Waals surface area contributed by atoms with Crippen LogP contribution in [0.5, 0.6) is 28.7 Å². The Morgan fingerprint density at radius 3 is 1.89 bits per heavy atom. The minimum absolute atomic E-state index is 0.0964. The fourth-order valence-electron chi connectivity index (χ4n) is 3.10. The zero-order valence-electron chi connectivity index (χ0n) is 16.3. The molecule has 0 spiro atoms. The third-order valence-electron chi connectivity index (χ3n) is 4.38. The van der Waals surface area contributed by atoms with Gasteiger partial charge in [0.15, 0.2) is 11.5 Å². The van der Waals surface area contributed by atoms with E-state index in [2.05, 4.69) is 0 Å². The van der Waals surface area contributed by atoms with E-state index in [1.165, 1.54) is 21.3 Å². The van der Waals surface area contributed by atoms with Crippen molar-refractivity contribution in [1.29, 1.82) is 0 Å². The highest BCUT2D eigenvalue weighted by atomic mass is 16.5. The van der Waals surface area contributed by atoms with Crippen LogP contribution in [0.4, 0.5) is 0 Å². The third kappa shape index (κ3) is 3.72. The Labute approximate surface area is 158 Å². The molecule has 0 aliphatic carbocycles. The van der Waals surface area contributed by atoms with Crippen LogP contribution in [0.1, 0.15) is 27.0 Å². The van der Waals surface area contributed by atoms with Crippen LogP contribution in [0.15, 0.2) is 18.2 Å². The summed E-state index contributed by atoms with van der Waals surface area (Å²) in [6, 6.07) is 5.04. The Morgan fingerprint density at radius 1 is 0.852 bits per heavy atom. The quantitative estimate of drug-likeness (QED) is 0.756. The molecule has 0 heterocycles. The number of carboxylic acid groups (broad SMARTS) is 1. The second-order valence-electron chi connectivity index (χ2n) is 5.75. The first-order valence-corrected chi connectivity index (χ1v) is 8.18. The maximum Gasteiger partial charge on any atom is 0.339 e. The first-order chi connectivity index (χ1) is 12.9. The van der Waals surface area contributed by atoms with Crippen LogP contribution in [0, 0.1) is 6.92 Å². The summed E-state index contributed by atoms with van der Waals surface area (Å²) < 4.78 is 27.1. The summed E-state index contributed by atoms with van der Waals surface area (Å²) in [7, 11) is 7.59. The number of carbonyl (C=O) groups is 1. The van der Waals surface area contributed by atoms with Crippen LogP contribution in [0.2, 0.25) is 0 Å². The fraction of sp³-hybridized carbons (Fsp3) is 0.350. The van der Waals surface area contributed by atoms with Crippen LogP contribution < -0.4 is 23.7 Å². The predicted molar refractivity (Wildman–Crippen MR) is 100 cm³/mol. The van der Waals surface area contributed by atoms with Gasteiger partial charge in [-0.1, -0.05) is 6.07 Å². The van der Waals surface area contributed by atoms with E-state index >= 15 is 0 Å². The number of hydrogen-bond acceptors (Lipinski definition) is 6. The lowest BCUT2D eigenvalue weighted by Crippen LogP contribution is -2.06. The van der Waals surface area contributed by atoms with Gasteiger partial charge in [0.2, 0.25) is 11.5 Å². The van der Waals surface area contributed by atoms with Gasteiger partial charge in [0, 0.05) is 17.5 Å². The molecule has 0 bridgehead atoms. The molecule has 0 aliphatic rings. The molecule has 0 atom stereocenters. The summed E-state index contributed by atoms with van der Waals surface area (Å²) in [6.45, 7) is 1.89. The molecule has 27 heavy (non-hydrogen) atoms. The minimum atomic E-state index is -1.05. The van der Waals surface area contributed by atoms with Crippen molar-refractivity contribution in [3.05, 3.63) is 40.5 Å².